The van der Waals surface area contributed by atoms with Gasteiger partial charge < -0.3 is 4.90 Å². The quantitative estimate of drug-likeness (QED) is 0.771. The highest BCUT2D eigenvalue weighted by atomic mass is 16.2. The third-order valence-corrected chi connectivity index (χ3v) is 7.44. The monoisotopic (exact) mass is 379 g/mol. The van der Waals surface area contributed by atoms with Crippen LogP contribution in [0.2, 0.25) is 0 Å². The number of nitrogens with one attached hydrogen (secondary N) is 2. The van der Waals surface area contributed by atoms with Gasteiger partial charge in [-0.05, 0) is 67.6 Å². The van der Waals surface area contributed by atoms with E-state index in [9.17, 15) is 10.1 Å². The number of amides is 1. The van der Waals surface area contributed by atoms with Gasteiger partial charge in [-0.25, -0.2) is 0 Å². The molecule has 28 heavy (non-hydrogen) atoms. The van der Waals surface area contributed by atoms with Crippen LogP contribution in [0, 0.1) is 17.4 Å². The molecular formula is C22H29N5O. The van der Waals surface area contributed by atoms with Gasteiger partial charge in [-0.1, -0.05) is 18.2 Å². The van der Waals surface area contributed by atoms with Gasteiger partial charge in [-0.3, -0.25) is 20.5 Å². The Balaban J connectivity index is 1.28. The van der Waals surface area contributed by atoms with Crippen LogP contribution in [-0.2, 0) is 17.9 Å². The molecule has 3 fully saturated rings. The van der Waals surface area contributed by atoms with E-state index in [1.807, 2.05) is 4.90 Å². The van der Waals surface area contributed by atoms with E-state index in [2.05, 4.69) is 42.2 Å². The summed E-state index contributed by atoms with van der Waals surface area (Å²) in [6.07, 6.45) is 7.62. The van der Waals surface area contributed by atoms with Crippen LogP contribution < -0.4 is 10.9 Å². The van der Waals surface area contributed by atoms with Gasteiger partial charge in [-0.2, -0.15) is 5.26 Å². The Hall–Kier alpha value is -2.10. The maximum absolute atomic E-state index is 12.9. The molecule has 0 bridgehead atoms. The summed E-state index contributed by atoms with van der Waals surface area (Å²) in [7, 11) is 0. The molecule has 2 saturated heterocycles. The highest BCUT2D eigenvalue weighted by Crippen LogP contribution is 2.40. The van der Waals surface area contributed by atoms with Crippen molar-refractivity contribution in [3.05, 3.63) is 34.9 Å². The smallest absolute Gasteiger partial charge is 0.246 e. The van der Waals surface area contributed by atoms with Crippen molar-refractivity contribution in [2.24, 2.45) is 5.92 Å². The zero-order valence-electron chi connectivity index (χ0n) is 16.5. The number of carbonyl (C=O) groups is 1. The minimum atomic E-state index is -0.253. The SMILES string of the molecule is CC1NNC2CC(c3ccc4c(c3)CN(C(=O)[C@@H]3CCCN3C#N)C4)CCC12. The largest absolute Gasteiger partial charge is 0.332 e. The molecular weight excluding hydrogens is 350 g/mol. The maximum Gasteiger partial charge on any atom is 0.246 e. The normalized spacial score (nSPS) is 34.2. The van der Waals surface area contributed by atoms with Gasteiger partial charge in [0.2, 0.25) is 5.91 Å². The second-order valence-corrected chi connectivity index (χ2v) is 9.03. The number of carbonyl (C=O) groups excluding carboxylic acids is 1. The van der Waals surface area contributed by atoms with Crippen molar-refractivity contribution >= 4 is 5.91 Å². The van der Waals surface area contributed by atoms with Crippen molar-refractivity contribution < 1.29 is 4.79 Å². The number of fused-ring (bicyclic) bond motifs is 2. The van der Waals surface area contributed by atoms with Crippen molar-refractivity contribution in [2.45, 2.75) is 76.2 Å². The number of hydrogen-bond donors (Lipinski definition) is 2. The molecule has 5 rings (SSSR count). The molecule has 4 aliphatic rings. The average Bonchev–Trinajstić information content (AvgIpc) is 3.44. The Kier molecular flexibility index (Phi) is 4.53. The van der Waals surface area contributed by atoms with Crippen LogP contribution in [0.1, 0.15) is 61.6 Å². The molecule has 4 unspecified atom stereocenters. The van der Waals surface area contributed by atoms with E-state index < -0.39 is 0 Å². The van der Waals surface area contributed by atoms with Crippen LogP contribution in [0.3, 0.4) is 0 Å². The second kappa shape index (κ2) is 7.06. The topological polar surface area (TPSA) is 71.4 Å². The van der Waals surface area contributed by atoms with Crippen LogP contribution in [0.5, 0.6) is 0 Å². The predicted octanol–water partition coefficient (Wildman–Crippen LogP) is 2.22. The van der Waals surface area contributed by atoms with Crippen molar-refractivity contribution in [1.82, 2.24) is 20.7 Å². The zero-order chi connectivity index (χ0) is 19.3. The van der Waals surface area contributed by atoms with E-state index in [-0.39, 0.29) is 11.9 Å². The van der Waals surface area contributed by atoms with Crippen molar-refractivity contribution in [1.29, 1.82) is 5.26 Å². The van der Waals surface area contributed by atoms with Crippen LogP contribution in [0.4, 0.5) is 0 Å². The number of hydrogen-bond acceptors (Lipinski definition) is 5. The summed E-state index contributed by atoms with van der Waals surface area (Å²) in [5.41, 5.74) is 10.9. The number of rotatable bonds is 2. The molecule has 3 aliphatic heterocycles. The van der Waals surface area contributed by atoms with Gasteiger partial charge in [-0.15, -0.1) is 0 Å². The van der Waals surface area contributed by atoms with Gasteiger partial charge in [0.25, 0.3) is 0 Å². The predicted molar refractivity (Wildman–Crippen MR) is 106 cm³/mol. The van der Waals surface area contributed by atoms with E-state index in [1.165, 1.54) is 36.0 Å². The molecule has 1 saturated carbocycles. The molecule has 0 radical (unpaired) electrons. The fourth-order valence-corrected chi connectivity index (χ4v) is 5.78. The maximum atomic E-state index is 12.9. The molecule has 3 heterocycles. The molecule has 1 amide bonds. The molecule has 2 N–H and O–H groups in total. The molecule has 1 aromatic rings. The van der Waals surface area contributed by atoms with Gasteiger partial charge in [0, 0.05) is 31.7 Å². The van der Waals surface area contributed by atoms with Crippen LogP contribution in [-0.4, -0.2) is 40.4 Å². The molecule has 1 aromatic carbocycles. The lowest BCUT2D eigenvalue weighted by Gasteiger charge is -2.32. The summed E-state index contributed by atoms with van der Waals surface area (Å²) < 4.78 is 0. The lowest BCUT2D eigenvalue weighted by molar-refractivity contribution is -0.135. The minimum Gasteiger partial charge on any atom is -0.332 e. The number of nitriles is 1. The fraction of sp³-hybridized carbons (Fsp3) is 0.636. The van der Waals surface area contributed by atoms with Crippen LogP contribution in [0.15, 0.2) is 18.2 Å². The first-order chi connectivity index (χ1) is 13.6. The number of nitrogens with zero attached hydrogens (tertiary/aromatic N) is 3. The first-order valence-corrected chi connectivity index (χ1v) is 10.7. The average molecular weight is 380 g/mol. The van der Waals surface area contributed by atoms with Crippen LogP contribution in [0.25, 0.3) is 0 Å². The van der Waals surface area contributed by atoms with Gasteiger partial charge in [0.1, 0.15) is 6.04 Å². The van der Waals surface area contributed by atoms with E-state index >= 15 is 0 Å². The number of likely N-dealkylation sites (tertiary alicyclic amines) is 1. The Labute approximate surface area is 166 Å². The summed E-state index contributed by atoms with van der Waals surface area (Å²) in [5, 5.41) is 9.26. The molecule has 0 aromatic heterocycles. The molecule has 6 nitrogen and oxygen atoms in total. The summed E-state index contributed by atoms with van der Waals surface area (Å²) >= 11 is 0. The minimum absolute atomic E-state index is 0.118. The van der Waals surface area contributed by atoms with E-state index in [0.29, 0.717) is 37.6 Å². The molecule has 0 spiro atoms. The standard InChI is InChI=1S/C22H29N5O/c1-14-19-7-6-16(10-20(19)25-24-14)15-4-5-17-11-27(12-18(17)9-15)22(28)21-3-2-8-26(21)13-23/h4-5,9,14,16,19-21,24-25H,2-3,6-8,10-12H2,1H3/t14?,16?,19?,20?,21-/m0/s1. The van der Waals surface area contributed by atoms with Gasteiger partial charge in [0.15, 0.2) is 6.19 Å². The lowest BCUT2D eigenvalue weighted by Crippen LogP contribution is -2.41. The first-order valence-electron chi connectivity index (χ1n) is 10.7. The zero-order valence-corrected chi connectivity index (χ0v) is 16.5. The summed E-state index contributed by atoms with van der Waals surface area (Å²) in [5.74, 6) is 1.46. The first kappa shape index (κ1) is 18.0. The highest BCUT2D eigenvalue weighted by Gasteiger charge is 2.39. The molecule has 5 atom stereocenters. The Bertz CT molecular complexity index is 818. The molecule has 1 aliphatic carbocycles. The Morgan fingerprint density at radius 2 is 2.04 bits per heavy atom. The van der Waals surface area contributed by atoms with Crippen molar-refractivity contribution in [2.75, 3.05) is 6.54 Å². The summed E-state index contributed by atoms with van der Waals surface area (Å²) in [4.78, 5) is 16.5. The summed E-state index contributed by atoms with van der Waals surface area (Å²) in [6, 6.07) is 7.73. The fourth-order valence-electron chi connectivity index (χ4n) is 5.78. The Morgan fingerprint density at radius 1 is 1.18 bits per heavy atom. The highest BCUT2D eigenvalue weighted by molar-refractivity contribution is 5.83. The van der Waals surface area contributed by atoms with Gasteiger partial charge >= 0.3 is 0 Å². The summed E-state index contributed by atoms with van der Waals surface area (Å²) in [6.45, 7) is 4.36. The third kappa shape index (κ3) is 2.98. The van der Waals surface area contributed by atoms with Crippen LogP contribution >= 0.6 is 0 Å². The van der Waals surface area contributed by atoms with E-state index in [0.717, 1.165) is 18.8 Å². The second-order valence-electron chi connectivity index (χ2n) is 9.03. The van der Waals surface area contributed by atoms with E-state index in [4.69, 9.17) is 0 Å². The Morgan fingerprint density at radius 3 is 2.89 bits per heavy atom. The number of benzene rings is 1. The third-order valence-electron chi connectivity index (χ3n) is 7.44. The molecule has 6 heteroatoms. The lowest BCUT2D eigenvalue weighted by atomic mass is 9.74. The van der Waals surface area contributed by atoms with Gasteiger partial charge in [0.05, 0.1) is 0 Å². The number of hydrazine groups is 1. The van der Waals surface area contributed by atoms with Crippen molar-refractivity contribution in [3.63, 3.8) is 0 Å². The van der Waals surface area contributed by atoms with Crippen molar-refractivity contribution in [3.8, 4) is 6.19 Å². The molecule has 148 valence electrons. The van der Waals surface area contributed by atoms with E-state index in [1.54, 1.807) is 4.90 Å².